The maximum absolute atomic E-state index is 12.1. The number of aromatic amines is 1. The van der Waals surface area contributed by atoms with Crippen LogP contribution >= 0.6 is 0 Å². The molecule has 0 saturated carbocycles. The molecule has 0 aliphatic heterocycles. The number of nitrogens with one attached hydrogen (secondary N) is 2. The van der Waals surface area contributed by atoms with Gasteiger partial charge in [-0.05, 0) is 38.0 Å². The second kappa shape index (κ2) is 4.84. The smallest absolute Gasteiger partial charge is 0.267 e. The van der Waals surface area contributed by atoms with Gasteiger partial charge >= 0.3 is 0 Å². The van der Waals surface area contributed by atoms with E-state index in [1.165, 1.54) is 5.56 Å². The van der Waals surface area contributed by atoms with E-state index in [4.69, 9.17) is 0 Å². The van der Waals surface area contributed by atoms with E-state index in [0.29, 0.717) is 11.6 Å². The zero-order valence-corrected chi connectivity index (χ0v) is 11.4. The van der Waals surface area contributed by atoms with Crippen LogP contribution in [0.15, 0.2) is 24.3 Å². The van der Waals surface area contributed by atoms with Crippen molar-refractivity contribution in [3.05, 3.63) is 35.5 Å². The van der Waals surface area contributed by atoms with Crippen LogP contribution < -0.4 is 5.32 Å². The summed E-state index contributed by atoms with van der Waals surface area (Å²) in [5, 5.41) is 4.08. The molecule has 0 fully saturated rings. The number of benzene rings is 1. The van der Waals surface area contributed by atoms with Gasteiger partial charge in [0, 0.05) is 16.9 Å². The summed E-state index contributed by atoms with van der Waals surface area (Å²) < 4.78 is 0. The Morgan fingerprint density at radius 2 is 1.94 bits per heavy atom. The third-order valence-electron chi connectivity index (χ3n) is 3.38. The van der Waals surface area contributed by atoms with Crippen molar-refractivity contribution in [1.29, 1.82) is 0 Å². The van der Waals surface area contributed by atoms with Crippen LogP contribution in [0.2, 0.25) is 0 Å². The minimum atomic E-state index is -0.0370. The fourth-order valence-electron chi connectivity index (χ4n) is 1.83. The Morgan fingerprint density at radius 1 is 1.22 bits per heavy atom. The van der Waals surface area contributed by atoms with Gasteiger partial charge in [-0.2, -0.15) is 0 Å². The molecule has 1 heterocycles. The summed E-state index contributed by atoms with van der Waals surface area (Å²) in [6.45, 7) is 8.27. The van der Waals surface area contributed by atoms with E-state index in [0.717, 1.165) is 10.9 Å². The summed E-state index contributed by atoms with van der Waals surface area (Å²) in [6, 6.07) is 8.20. The lowest BCUT2D eigenvalue weighted by atomic mass is 10.1. The number of hydrogen-bond acceptors (Lipinski definition) is 1. The number of aryl methyl sites for hydroxylation is 1. The molecule has 2 aromatic rings. The van der Waals surface area contributed by atoms with Gasteiger partial charge < -0.3 is 10.3 Å². The Hall–Kier alpha value is -1.77. The molecule has 1 amide bonds. The number of rotatable bonds is 3. The van der Waals surface area contributed by atoms with Gasteiger partial charge in [0.2, 0.25) is 0 Å². The Kier molecular flexibility index (Phi) is 3.41. The number of H-pyrrole nitrogens is 1. The highest BCUT2D eigenvalue weighted by Crippen LogP contribution is 2.17. The highest BCUT2D eigenvalue weighted by Gasteiger charge is 2.14. The van der Waals surface area contributed by atoms with Crippen molar-refractivity contribution >= 4 is 16.8 Å². The first-order valence-corrected chi connectivity index (χ1v) is 6.37. The molecule has 2 rings (SSSR count). The molecule has 0 aliphatic carbocycles. The second-order valence-electron chi connectivity index (χ2n) is 5.28. The SMILES string of the molecule is Cc1ccc2[nH]c(C(=O)NC(C)C(C)C)cc2c1. The van der Waals surface area contributed by atoms with E-state index in [1.54, 1.807) is 0 Å². The van der Waals surface area contributed by atoms with Gasteiger partial charge in [-0.15, -0.1) is 0 Å². The zero-order chi connectivity index (χ0) is 13.3. The van der Waals surface area contributed by atoms with Crippen LogP contribution in [-0.4, -0.2) is 16.9 Å². The van der Waals surface area contributed by atoms with E-state index < -0.39 is 0 Å². The number of carbonyl (C=O) groups excluding carboxylic acids is 1. The Bertz CT molecular complexity index is 569. The molecule has 3 nitrogen and oxygen atoms in total. The summed E-state index contributed by atoms with van der Waals surface area (Å²) in [4.78, 5) is 15.2. The molecule has 0 aliphatic rings. The second-order valence-corrected chi connectivity index (χ2v) is 5.28. The maximum atomic E-state index is 12.1. The van der Waals surface area contributed by atoms with E-state index in [2.05, 4.69) is 30.2 Å². The van der Waals surface area contributed by atoms with Crippen molar-refractivity contribution < 1.29 is 4.79 Å². The number of fused-ring (bicyclic) bond motifs is 1. The topological polar surface area (TPSA) is 44.9 Å². The summed E-state index contributed by atoms with van der Waals surface area (Å²) >= 11 is 0. The number of amides is 1. The lowest BCUT2D eigenvalue weighted by Crippen LogP contribution is -2.36. The van der Waals surface area contributed by atoms with Crippen molar-refractivity contribution in [1.82, 2.24) is 10.3 Å². The lowest BCUT2D eigenvalue weighted by molar-refractivity contribution is 0.0926. The predicted octanol–water partition coefficient (Wildman–Crippen LogP) is 3.25. The first-order chi connectivity index (χ1) is 8.47. The molecule has 1 unspecified atom stereocenters. The summed E-state index contributed by atoms with van der Waals surface area (Å²) in [6.07, 6.45) is 0. The molecular weight excluding hydrogens is 224 g/mol. The number of hydrogen-bond donors (Lipinski definition) is 2. The summed E-state index contributed by atoms with van der Waals surface area (Å²) in [5.41, 5.74) is 2.83. The zero-order valence-electron chi connectivity index (χ0n) is 11.4. The van der Waals surface area contributed by atoms with Gasteiger partial charge in [0.05, 0.1) is 0 Å². The highest BCUT2D eigenvalue weighted by atomic mass is 16.1. The van der Waals surface area contributed by atoms with Crippen molar-refractivity contribution in [3.63, 3.8) is 0 Å². The first kappa shape index (κ1) is 12.7. The average molecular weight is 244 g/mol. The highest BCUT2D eigenvalue weighted by molar-refractivity contribution is 5.98. The van der Waals surface area contributed by atoms with Gasteiger partial charge in [-0.1, -0.05) is 25.5 Å². The van der Waals surface area contributed by atoms with Gasteiger partial charge in [-0.3, -0.25) is 4.79 Å². The molecule has 18 heavy (non-hydrogen) atoms. The predicted molar refractivity (Wildman–Crippen MR) is 74.8 cm³/mol. The molecule has 1 atom stereocenters. The van der Waals surface area contributed by atoms with E-state index in [-0.39, 0.29) is 11.9 Å². The number of aromatic nitrogens is 1. The van der Waals surface area contributed by atoms with Gasteiger partial charge in [-0.25, -0.2) is 0 Å². The Balaban J connectivity index is 2.23. The largest absolute Gasteiger partial charge is 0.351 e. The average Bonchev–Trinajstić information content (AvgIpc) is 2.71. The van der Waals surface area contributed by atoms with Crippen molar-refractivity contribution in [2.24, 2.45) is 5.92 Å². The third kappa shape index (κ3) is 2.55. The monoisotopic (exact) mass is 244 g/mol. The molecule has 96 valence electrons. The lowest BCUT2D eigenvalue weighted by Gasteiger charge is -2.16. The first-order valence-electron chi connectivity index (χ1n) is 6.37. The van der Waals surface area contributed by atoms with Crippen LogP contribution in [0, 0.1) is 12.8 Å². The van der Waals surface area contributed by atoms with Crippen LogP contribution in [-0.2, 0) is 0 Å². The molecule has 0 bridgehead atoms. The summed E-state index contributed by atoms with van der Waals surface area (Å²) in [7, 11) is 0. The van der Waals surface area contributed by atoms with Gasteiger partial charge in [0.1, 0.15) is 5.69 Å². The molecule has 0 radical (unpaired) electrons. The molecular formula is C15H20N2O. The van der Waals surface area contributed by atoms with E-state index in [1.807, 2.05) is 32.0 Å². The van der Waals surface area contributed by atoms with Gasteiger partial charge in [0.25, 0.3) is 5.91 Å². The maximum Gasteiger partial charge on any atom is 0.267 e. The molecule has 0 spiro atoms. The van der Waals surface area contributed by atoms with Crippen LogP contribution in [0.4, 0.5) is 0 Å². The van der Waals surface area contributed by atoms with Crippen molar-refractivity contribution in [2.75, 3.05) is 0 Å². The molecule has 3 heteroatoms. The fraction of sp³-hybridized carbons (Fsp3) is 0.400. The molecule has 0 saturated heterocycles. The van der Waals surface area contributed by atoms with Crippen LogP contribution in [0.5, 0.6) is 0 Å². The van der Waals surface area contributed by atoms with E-state index in [9.17, 15) is 4.79 Å². The molecule has 1 aromatic carbocycles. The van der Waals surface area contributed by atoms with Crippen LogP contribution in [0.1, 0.15) is 36.8 Å². The van der Waals surface area contributed by atoms with E-state index >= 15 is 0 Å². The molecule has 2 N–H and O–H groups in total. The fourth-order valence-corrected chi connectivity index (χ4v) is 1.83. The van der Waals surface area contributed by atoms with Gasteiger partial charge in [0.15, 0.2) is 0 Å². The minimum Gasteiger partial charge on any atom is -0.351 e. The normalized spacial score (nSPS) is 12.9. The quantitative estimate of drug-likeness (QED) is 0.855. The standard InChI is InChI=1S/C15H20N2O/c1-9(2)11(4)16-15(18)14-8-12-7-10(3)5-6-13(12)17-14/h5-9,11,17H,1-4H3,(H,16,18). The third-order valence-corrected chi connectivity index (χ3v) is 3.38. The van der Waals surface area contributed by atoms with Crippen LogP contribution in [0.3, 0.4) is 0 Å². The summed E-state index contributed by atoms with van der Waals surface area (Å²) in [5.74, 6) is 0.394. The molecule has 1 aromatic heterocycles. The number of carbonyl (C=O) groups is 1. The minimum absolute atomic E-state index is 0.0370. The Morgan fingerprint density at radius 3 is 2.61 bits per heavy atom. The van der Waals surface area contributed by atoms with Crippen molar-refractivity contribution in [3.8, 4) is 0 Å². The van der Waals surface area contributed by atoms with Crippen LogP contribution in [0.25, 0.3) is 10.9 Å². The Labute approximate surface area is 108 Å². The van der Waals surface area contributed by atoms with Crippen molar-refractivity contribution in [2.45, 2.75) is 33.7 Å².